The first kappa shape index (κ1) is 11.4. The standard InChI is InChI=1S/C13H17FO2/c1-3-6-13(2)8-11(15)10-5-4-9(14)7-12(10)16-13/h4-5,7,11,15H,3,6,8H2,1-2H3. The van der Waals surface area contributed by atoms with Crippen molar-refractivity contribution in [2.75, 3.05) is 0 Å². The lowest BCUT2D eigenvalue weighted by atomic mass is 9.87. The zero-order valence-corrected chi connectivity index (χ0v) is 9.66. The van der Waals surface area contributed by atoms with Crippen molar-refractivity contribution in [2.24, 2.45) is 0 Å². The molecule has 16 heavy (non-hydrogen) atoms. The van der Waals surface area contributed by atoms with Gasteiger partial charge in [0.1, 0.15) is 17.2 Å². The zero-order chi connectivity index (χ0) is 11.8. The molecule has 1 aromatic carbocycles. The van der Waals surface area contributed by atoms with Crippen LogP contribution in [0.15, 0.2) is 18.2 Å². The van der Waals surface area contributed by atoms with Gasteiger partial charge >= 0.3 is 0 Å². The number of ether oxygens (including phenoxy) is 1. The van der Waals surface area contributed by atoms with E-state index >= 15 is 0 Å². The second-order valence-corrected chi connectivity index (χ2v) is 4.70. The maximum absolute atomic E-state index is 13.1. The Labute approximate surface area is 95.1 Å². The lowest BCUT2D eigenvalue weighted by molar-refractivity contribution is -0.00761. The zero-order valence-electron chi connectivity index (χ0n) is 9.66. The van der Waals surface area contributed by atoms with Crippen LogP contribution < -0.4 is 4.74 Å². The van der Waals surface area contributed by atoms with Crippen molar-refractivity contribution >= 4 is 0 Å². The first-order valence-electron chi connectivity index (χ1n) is 5.70. The van der Waals surface area contributed by atoms with Crippen molar-refractivity contribution in [1.29, 1.82) is 0 Å². The van der Waals surface area contributed by atoms with Crippen LogP contribution in [0.1, 0.15) is 44.8 Å². The Hall–Kier alpha value is -1.09. The van der Waals surface area contributed by atoms with Crippen molar-refractivity contribution < 1.29 is 14.2 Å². The van der Waals surface area contributed by atoms with Crippen LogP contribution in [0.25, 0.3) is 0 Å². The second-order valence-electron chi connectivity index (χ2n) is 4.70. The van der Waals surface area contributed by atoms with Gasteiger partial charge in [0.25, 0.3) is 0 Å². The summed E-state index contributed by atoms with van der Waals surface area (Å²) in [6.07, 6.45) is 1.86. The van der Waals surface area contributed by atoms with E-state index in [1.165, 1.54) is 12.1 Å². The van der Waals surface area contributed by atoms with Crippen LogP contribution in [0.4, 0.5) is 4.39 Å². The average molecular weight is 224 g/mol. The van der Waals surface area contributed by atoms with Crippen LogP contribution in [0, 0.1) is 5.82 Å². The average Bonchev–Trinajstić information content (AvgIpc) is 2.15. The molecular weight excluding hydrogens is 207 g/mol. The van der Waals surface area contributed by atoms with Crippen molar-refractivity contribution in [2.45, 2.75) is 44.8 Å². The molecule has 1 N–H and O–H groups in total. The van der Waals surface area contributed by atoms with Crippen LogP contribution in [0.5, 0.6) is 5.75 Å². The molecule has 0 spiro atoms. The number of halogens is 1. The molecule has 0 saturated carbocycles. The van der Waals surface area contributed by atoms with Crippen molar-refractivity contribution in [1.82, 2.24) is 0 Å². The monoisotopic (exact) mass is 224 g/mol. The molecule has 88 valence electrons. The maximum atomic E-state index is 13.1. The number of fused-ring (bicyclic) bond motifs is 1. The molecule has 0 bridgehead atoms. The number of hydrogen-bond acceptors (Lipinski definition) is 2. The van der Waals surface area contributed by atoms with Gasteiger partial charge in [-0.25, -0.2) is 4.39 Å². The molecule has 0 fully saturated rings. The molecule has 1 aliphatic rings. The van der Waals surface area contributed by atoms with Gasteiger partial charge < -0.3 is 9.84 Å². The molecule has 0 amide bonds. The minimum absolute atomic E-state index is 0.327. The first-order valence-corrected chi connectivity index (χ1v) is 5.70. The molecule has 0 aliphatic carbocycles. The first-order chi connectivity index (χ1) is 7.54. The highest BCUT2D eigenvalue weighted by Gasteiger charge is 2.35. The molecule has 1 aliphatic heterocycles. The summed E-state index contributed by atoms with van der Waals surface area (Å²) in [5, 5.41) is 10.0. The summed E-state index contributed by atoms with van der Waals surface area (Å²) < 4.78 is 18.9. The highest BCUT2D eigenvalue weighted by Crippen LogP contribution is 2.41. The fourth-order valence-corrected chi connectivity index (χ4v) is 2.38. The number of benzene rings is 1. The third kappa shape index (κ3) is 2.05. The Kier molecular flexibility index (Phi) is 2.89. The van der Waals surface area contributed by atoms with Crippen LogP contribution >= 0.6 is 0 Å². The van der Waals surface area contributed by atoms with E-state index in [0.717, 1.165) is 12.8 Å². The van der Waals surface area contributed by atoms with Gasteiger partial charge in [-0.15, -0.1) is 0 Å². The van der Waals surface area contributed by atoms with E-state index in [9.17, 15) is 9.50 Å². The van der Waals surface area contributed by atoms with Crippen LogP contribution in [-0.2, 0) is 0 Å². The smallest absolute Gasteiger partial charge is 0.128 e. The summed E-state index contributed by atoms with van der Waals surface area (Å²) in [5.41, 5.74) is 0.310. The predicted octanol–water partition coefficient (Wildman–Crippen LogP) is 3.20. The van der Waals surface area contributed by atoms with E-state index < -0.39 is 6.10 Å². The summed E-state index contributed by atoms with van der Waals surface area (Å²) in [6, 6.07) is 4.31. The molecule has 3 heteroatoms. The molecule has 1 aromatic rings. The Morgan fingerprint density at radius 3 is 3.00 bits per heavy atom. The number of aliphatic hydroxyl groups excluding tert-OH is 1. The molecule has 2 atom stereocenters. The molecule has 2 unspecified atom stereocenters. The lowest BCUT2D eigenvalue weighted by Crippen LogP contribution is -2.38. The summed E-state index contributed by atoms with van der Waals surface area (Å²) in [7, 11) is 0. The van der Waals surface area contributed by atoms with E-state index in [1.54, 1.807) is 6.07 Å². The molecular formula is C13H17FO2. The van der Waals surface area contributed by atoms with E-state index in [4.69, 9.17) is 4.74 Å². The van der Waals surface area contributed by atoms with Gasteiger partial charge in [-0.3, -0.25) is 0 Å². The minimum atomic E-state index is -0.555. The van der Waals surface area contributed by atoms with Crippen molar-refractivity contribution in [3.8, 4) is 5.75 Å². The molecule has 0 saturated heterocycles. The Bertz CT molecular complexity index is 392. The quantitative estimate of drug-likeness (QED) is 0.835. The number of rotatable bonds is 2. The molecule has 1 heterocycles. The summed E-state index contributed by atoms with van der Waals surface area (Å²) in [5.74, 6) is 0.154. The summed E-state index contributed by atoms with van der Waals surface area (Å²) in [4.78, 5) is 0. The van der Waals surface area contributed by atoms with E-state index in [0.29, 0.717) is 17.7 Å². The maximum Gasteiger partial charge on any atom is 0.128 e. The fraction of sp³-hybridized carbons (Fsp3) is 0.538. The molecule has 0 aromatic heterocycles. The normalized spacial score (nSPS) is 28.4. The van der Waals surface area contributed by atoms with Crippen molar-refractivity contribution in [3.05, 3.63) is 29.6 Å². The van der Waals surface area contributed by atoms with Gasteiger partial charge in [0.05, 0.1) is 6.10 Å². The van der Waals surface area contributed by atoms with E-state index in [1.807, 2.05) is 6.92 Å². The second kappa shape index (κ2) is 4.06. The highest BCUT2D eigenvalue weighted by atomic mass is 19.1. The largest absolute Gasteiger partial charge is 0.487 e. The number of hydrogen-bond donors (Lipinski definition) is 1. The SMILES string of the molecule is CCCC1(C)CC(O)c2ccc(F)cc2O1. The third-order valence-electron chi connectivity index (χ3n) is 3.09. The van der Waals surface area contributed by atoms with Crippen LogP contribution in [0.3, 0.4) is 0 Å². The van der Waals surface area contributed by atoms with Crippen molar-refractivity contribution in [3.63, 3.8) is 0 Å². The summed E-state index contributed by atoms with van der Waals surface area (Å²) in [6.45, 7) is 4.04. The van der Waals surface area contributed by atoms with Gasteiger partial charge in [-0.1, -0.05) is 13.3 Å². The Morgan fingerprint density at radius 1 is 1.56 bits per heavy atom. The van der Waals surface area contributed by atoms with E-state index in [2.05, 4.69) is 6.92 Å². The highest BCUT2D eigenvalue weighted by molar-refractivity contribution is 5.38. The van der Waals surface area contributed by atoms with Gasteiger partial charge in [0.15, 0.2) is 0 Å². The topological polar surface area (TPSA) is 29.5 Å². The van der Waals surface area contributed by atoms with Gasteiger partial charge in [0.2, 0.25) is 0 Å². The Balaban J connectivity index is 2.34. The molecule has 0 radical (unpaired) electrons. The van der Waals surface area contributed by atoms with Crippen LogP contribution in [0.2, 0.25) is 0 Å². The van der Waals surface area contributed by atoms with Crippen LogP contribution in [-0.4, -0.2) is 10.7 Å². The lowest BCUT2D eigenvalue weighted by Gasteiger charge is -2.38. The Morgan fingerprint density at radius 2 is 2.31 bits per heavy atom. The predicted molar refractivity (Wildman–Crippen MR) is 59.9 cm³/mol. The van der Waals surface area contributed by atoms with E-state index in [-0.39, 0.29) is 11.4 Å². The minimum Gasteiger partial charge on any atom is -0.487 e. The van der Waals surface area contributed by atoms with Gasteiger partial charge in [-0.2, -0.15) is 0 Å². The van der Waals surface area contributed by atoms with Gasteiger partial charge in [-0.05, 0) is 25.5 Å². The molecule has 2 rings (SSSR count). The van der Waals surface area contributed by atoms with Gasteiger partial charge in [0, 0.05) is 18.1 Å². The fourth-order valence-electron chi connectivity index (χ4n) is 2.38. The summed E-state index contributed by atoms with van der Waals surface area (Å²) >= 11 is 0. The third-order valence-corrected chi connectivity index (χ3v) is 3.09. The molecule has 2 nitrogen and oxygen atoms in total. The number of aliphatic hydroxyl groups is 1.